The van der Waals surface area contributed by atoms with Gasteiger partial charge in [-0.05, 0) is 42.0 Å². The number of imidazole rings is 1. The molecule has 2 atom stereocenters. The first-order chi connectivity index (χ1) is 14.5. The number of fused-ring (bicyclic) bond motifs is 1. The minimum Gasteiger partial charge on any atom is -0.481 e. The predicted molar refractivity (Wildman–Crippen MR) is 110 cm³/mol. The van der Waals surface area contributed by atoms with Crippen molar-refractivity contribution in [2.45, 2.75) is 25.7 Å². The van der Waals surface area contributed by atoms with Crippen LogP contribution in [0.25, 0.3) is 11.0 Å². The minimum absolute atomic E-state index is 0.0278. The molecule has 1 aliphatic heterocycles. The Morgan fingerprint density at radius 2 is 1.97 bits per heavy atom. The first-order valence-corrected chi connectivity index (χ1v) is 10.2. The van der Waals surface area contributed by atoms with E-state index in [1.807, 2.05) is 35.2 Å². The van der Waals surface area contributed by atoms with Crippen molar-refractivity contribution in [2.24, 2.45) is 11.8 Å². The number of rotatable bonds is 6. The maximum atomic E-state index is 13.5. The number of aromatic amines is 1. The Morgan fingerprint density at radius 3 is 2.73 bits per heavy atom. The number of piperidine rings is 1. The van der Waals surface area contributed by atoms with Crippen LogP contribution in [-0.4, -0.2) is 44.9 Å². The lowest BCUT2D eigenvalue weighted by atomic mass is 9.81. The number of benzene rings is 2. The molecule has 3 aromatic rings. The van der Waals surface area contributed by atoms with Gasteiger partial charge in [0.05, 0.1) is 17.5 Å². The third kappa shape index (κ3) is 4.67. The number of aliphatic carboxylic acids is 1. The lowest BCUT2D eigenvalue weighted by Gasteiger charge is -2.38. The van der Waals surface area contributed by atoms with Crippen LogP contribution in [0.5, 0.6) is 0 Å². The van der Waals surface area contributed by atoms with Crippen LogP contribution in [0, 0.1) is 17.7 Å². The minimum atomic E-state index is -0.833. The third-order valence-electron chi connectivity index (χ3n) is 5.83. The molecule has 0 radical (unpaired) electrons. The second kappa shape index (κ2) is 8.65. The van der Waals surface area contributed by atoms with Crippen LogP contribution in [0.1, 0.15) is 24.2 Å². The summed E-state index contributed by atoms with van der Waals surface area (Å²) < 4.78 is 13.5. The number of hydrogen-bond donors (Lipinski definition) is 2. The molecule has 1 fully saturated rings. The molecule has 7 heteroatoms. The molecule has 1 aromatic heterocycles. The number of hydrogen-bond acceptors (Lipinski definition) is 3. The second-order valence-electron chi connectivity index (χ2n) is 7.96. The van der Waals surface area contributed by atoms with Gasteiger partial charge in [0.2, 0.25) is 5.91 Å². The molecular weight excluding hydrogens is 385 g/mol. The summed E-state index contributed by atoms with van der Waals surface area (Å²) in [6.45, 7) is 1.06. The second-order valence-corrected chi connectivity index (χ2v) is 7.96. The van der Waals surface area contributed by atoms with E-state index >= 15 is 0 Å². The van der Waals surface area contributed by atoms with E-state index in [1.54, 1.807) is 6.07 Å². The molecule has 2 aromatic carbocycles. The SMILES string of the molecule is O=C(O)CC1CCN(C(=O)Cc2ccccc2)CC1Cc1nc2ccc(F)cc2[nH]1. The number of nitrogens with one attached hydrogen (secondary N) is 1. The van der Waals surface area contributed by atoms with Gasteiger partial charge in [0, 0.05) is 25.9 Å². The molecule has 1 saturated heterocycles. The average Bonchev–Trinajstić information content (AvgIpc) is 3.11. The third-order valence-corrected chi connectivity index (χ3v) is 5.83. The van der Waals surface area contributed by atoms with Crippen molar-refractivity contribution in [3.8, 4) is 0 Å². The average molecular weight is 409 g/mol. The number of nitrogens with zero attached hydrogens (tertiary/aromatic N) is 2. The molecule has 2 heterocycles. The van der Waals surface area contributed by atoms with E-state index in [4.69, 9.17) is 0 Å². The van der Waals surface area contributed by atoms with Gasteiger partial charge in [0.1, 0.15) is 11.6 Å². The largest absolute Gasteiger partial charge is 0.481 e. The first kappa shape index (κ1) is 20.1. The molecule has 1 amide bonds. The molecule has 30 heavy (non-hydrogen) atoms. The molecule has 6 nitrogen and oxygen atoms in total. The Morgan fingerprint density at radius 1 is 1.17 bits per heavy atom. The van der Waals surface area contributed by atoms with Crippen molar-refractivity contribution in [3.05, 3.63) is 65.7 Å². The maximum Gasteiger partial charge on any atom is 0.303 e. The number of carbonyl (C=O) groups is 2. The van der Waals surface area contributed by atoms with Crippen molar-refractivity contribution < 1.29 is 19.1 Å². The number of carboxylic acid groups (broad SMARTS) is 1. The number of aromatic nitrogens is 2. The molecule has 4 rings (SSSR count). The van der Waals surface area contributed by atoms with E-state index in [0.29, 0.717) is 49.2 Å². The summed E-state index contributed by atoms with van der Waals surface area (Å²) in [4.78, 5) is 33.7. The number of carboxylic acids is 1. The molecular formula is C23H24FN3O3. The lowest BCUT2D eigenvalue weighted by Crippen LogP contribution is -2.45. The van der Waals surface area contributed by atoms with E-state index in [1.165, 1.54) is 12.1 Å². The van der Waals surface area contributed by atoms with Crippen molar-refractivity contribution in [2.75, 3.05) is 13.1 Å². The summed E-state index contributed by atoms with van der Waals surface area (Å²) in [7, 11) is 0. The van der Waals surface area contributed by atoms with Crippen LogP contribution < -0.4 is 0 Å². The van der Waals surface area contributed by atoms with Crippen LogP contribution in [0.15, 0.2) is 48.5 Å². The van der Waals surface area contributed by atoms with Crippen LogP contribution in [0.4, 0.5) is 4.39 Å². The monoisotopic (exact) mass is 409 g/mol. The first-order valence-electron chi connectivity index (χ1n) is 10.2. The van der Waals surface area contributed by atoms with E-state index in [2.05, 4.69) is 9.97 Å². The zero-order valence-corrected chi connectivity index (χ0v) is 16.6. The molecule has 0 saturated carbocycles. The fourth-order valence-corrected chi connectivity index (χ4v) is 4.29. The van der Waals surface area contributed by atoms with Gasteiger partial charge in [-0.1, -0.05) is 30.3 Å². The van der Waals surface area contributed by atoms with Gasteiger partial charge in [-0.3, -0.25) is 9.59 Å². The van der Waals surface area contributed by atoms with E-state index < -0.39 is 5.97 Å². The molecule has 0 aliphatic carbocycles. The van der Waals surface area contributed by atoms with Crippen LogP contribution in [0.2, 0.25) is 0 Å². The van der Waals surface area contributed by atoms with Crippen LogP contribution >= 0.6 is 0 Å². The predicted octanol–water partition coefficient (Wildman–Crippen LogP) is 3.43. The lowest BCUT2D eigenvalue weighted by molar-refractivity contribution is -0.139. The van der Waals surface area contributed by atoms with Crippen molar-refractivity contribution in [1.29, 1.82) is 0 Å². The summed E-state index contributed by atoms with van der Waals surface area (Å²) in [5, 5.41) is 9.32. The summed E-state index contributed by atoms with van der Waals surface area (Å²) in [5.74, 6) is -0.495. The number of amides is 1. The van der Waals surface area contributed by atoms with E-state index in [9.17, 15) is 19.1 Å². The van der Waals surface area contributed by atoms with Crippen LogP contribution in [-0.2, 0) is 22.4 Å². The number of likely N-dealkylation sites (tertiary alicyclic amines) is 1. The summed E-state index contributed by atoms with van der Waals surface area (Å²) in [6, 6.07) is 14.0. The van der Waals surface area contributed by atoms with Crippen molar-refractivity contribution >= 4 is 22.9 Å². The fourth-order valence-electron chi connectivity index (χ4n) is 4.29. The fraction of sp³-hybridized carbons (Fsp3) is 0.348. The summed E-state index contributed by atoms with van der Waals surface area (Å²) >= 11 is 0. The number of carbonyl (C=O) groups excluding carboxylic acids is 1. The molecule has 0 spiro atoms. The van der Waals surface area contributed by atoms with Gasteiger partial charge in [0.25, 0.3) is 0 Å². The Balaban J connectivity index is 1.50. The standard InChI is InChI=1S/C23H24FN3O3/c24-18-6-7-19-20(13-18)26-21(25-19)11-17-14-27(9-8-16(17)12-23(29)30)22(28)10-15-4-2-1-3-5-15/h1-7,13,16-17H,8-12,14H2,(H,25,26)(H,29,30). The van der Waals surface area contributed by atoms with Gasteiger partial charge in [0.15, 0.2) is 0 Å². The number of halogens is 1. The zero-order chi connectivity index (χ0) is 21.1. The number of H-pyrrole nitrogens is 1. The van der Waals surface area contributed by atoms with Gasteiger partial charge in [-0.2, -0.15) is 0 Å². The zero-order valence-electron chi connectivity index (χ0n) is 16.6. The molecule has 2 N–H and O–H groups in total. The summed E-state index contributed by atoms with van der Waals surface area (Å²) in [6.07, 6.45) is 1.57. The smallest absolute Gasteiger partial charge is 0.303 e. The highest BCUT2D eigenvalue weighted by Crippen LogP contribution is 2.30. The maximum absolute atomic E-state index is 13.5. The Labute approximate surface area is 173 Å². The molecule has 2 unspecified atom stereocenters. The highest BCUT2D eigenvalue weighted by molar-refractivity contribution is 5.79. The van der Waals surface area contributed by atoms with E-state index in [0.717, 1.165) is 5.56 Å². The van der Waals surface area contributed by atoms with Gasteiger partial charge < -0.3 is 15.0 Å². The van der Waals surface area contributed by atoms with Crippen LogP contribution in [0.3, 0.4) is 0 Å². The van der Waals surface area contributed by atoms with Gasteiger partial charge >= 0.3 is 5.97 Å². The Bertz CT molecular complexity index is 1050. The van der Waals surface area contributed by atoms with E-state index in [-0.39, 0.29) is 30.0 Å². The normalized spacial score (nSPS) is 19.2. The topological polar surface area (TPSA) is 86.3 Å². The Hall–Kier alpha value is -3.22. The quantitative estimate of drug-likeness (QED) is 0.653. The molecule has 156 valence electrons. The highest BCUT2D eigenvalue weighted by Gasteiger charge is 2.33. The molecule has 0 bridgehead atoms. The highest BCUT2D eigenvalue weighted by atomic mass is 19.1. The summed E-state index contributed by atoms with van der Waals surface area (Å²) in [5.41, 5.74) is 2.26. The Kier molecular flexibility index (Phi) is 5.79. The van der Waals surface area contributed by atoms with Gasteiger partial charge in [-0.25, -0.2) is 9.37 Å². The van der Waals surface area contributed by atoms with Crippen molar-refractivity contribution in [3.63, 3.8) is 0 Å². The van der Waals surface area contributed by atoms with Crippen molar-refractivity contribution in [1.82, 2.24) is 14.9 Å². The molecule has 1 aliphatic rings. The van der Waals surface area contributed by atoms with Gasteiger partial charge in [-0.15, -0.1) is 0 Å².